The van der Waals surface area contributed by atoms with Gasteiger partial charge in [-0.2, -0.15) is 4.31 Å². The minimum atomic E-state index is -3.57. The molecule has 0 fully saturated rings. The number of aryl methyl sites for hydroxylation is 1. The molecule has 0 radical (unpaired) electrons. The molecule has 1 heterocycles. The van der Waals surface area contributed by atoms with Gasteiger partial charge in [-0.15, -0.1) is 0 Å². The molecule has 0 atom stereocenters. The summed E-state index contributed by atoms with van der Waals surface area (Å²) in [5.41, 5.74) is 3.63. The fourth-order valence-corrected chi connectivity index (χ4v) is 5.42. The Morgan fingerprint density at radius 2 is 1.61 bits per heavy atom. The number of nitrogens with zero attached hydrogens (tertiary/aromatic N) is 2. The smallest absolute Gasteiger partial charge is 0.258 e. The van der Waals surface area contributed by atoms with Crippen LogP contribution in [0.4, 0.5) is 5.69 Å². The number of hydrogen-bond acceptors (Lipinski definition) is 3. The zero-order valence-corrected chi connectivity index (χ0v) is 18.4. The van der Waals surface area contributed by atoms with Crippen molar-refractivity contribution >= 4 is 21.6 Å². The second-order valence-electron chi connectivity index (χ2n) is 7.63. The highest BCUT2D eigenvalue weighted by atomic mass is 32.2. The van der Waals surface area contributed by atoms with E-state index in [0.29, 0.717) is 18.7 Å². The second-order valence-corrected chi connectivity index (χ2v) is 9.57. The Balaban J connectivity index is 1.51. The molecule has 0 aromatic heterocycles. The highest BCUT2D eigenvalue weighted by Crippen LogP contribution is 2.28. The van der Waals surface area contributed by atoms with Crippen LogP contribution in [0.5, 0.6) is 0 Å². The van der Waals surface area contributed by atoms with E-state index >= 15 is 0 Å². The highest BCUT2D eigenvalue weighted by Gasteiger charge is 2.25. The van der Waals surface area contributed by atoms with Gasteiger partial charge in [-0.1, -0.05) is 55.5 Å². The summed E-state index contributed by atoms with van der Waals surface area (Å²) in [4.78, 5) is 15.2. The van der Waals surface area contributed by atoms with Crippen molar-refractivity contribution in [2.75, 3.05) is 18.0 Å². The SMILES string of the molecule is CCN(Cc1ccc(C(=O)N2CCCc3ccccc32)cc1)S(=O)(=O)c1ccccc1. The normalized spacial score (nSPS) is 13.8. The topological polar surface area (TPSA) is 57.7 Å². The zero-order chi connectivity index (χ0) is 21.8. The van der Waals surface area contributed by atoms with Crippen molar-refractivity contribution in [3.63, 3.8) is 0 Å². The van der Waals surface area contributed by atoms with Gasteiger partial charge in [-0.05, 0) is 54.3 Å². The van der Waals surface area contributed by atoms with Crippen LogP contribution in [-0.2, 0) is 23.0 Å². The Kier molecular flexibility index (Phi) is 6.20. The van der Waals surface area contributed by atoms with Gasteiger partial charge in [-0.3, -0.25) is 4.79 Å². The van der Waals surface area contributed by atoms with Crippen LogP contribution in [0.15, 0.2) is 83.8 Å². The van der Waals surface area contributed by atoms with Crippen LogP contribution in [0.3, 0.4) is 0 Å². The van der Waals surface area contributed by atoms with E-state index in [9.17, 15) is 13.2 Å². The maximum Gasteiger partial charge on any atom is 0.258 e. The molecule has 0 aliphatic carbocycles. The largest absolute Gasteiger partial charge is 0.308 e. The maximum atomic E-state index is 13.1. The van der Waals surface area contributed by atoms with Crippen LogP contribution < -0.4 is 4.90 Å². The Hall–Kier alpha value is -2.96. The Bertz CT molecular complexity index is 1160. The first-order valence-electron chi connectivity index (χ1n) is 10.5. The van der Waals surface area contributed by atoms with Gasteiger partial charge < -0.3 is 4.90 Å². The first kappa shape index (κ1) is 21.3. The summed E-state index contributed by atoms with van der Waals surface area (Å²) in [5.74, 6) is -0.0250. The van der Waals surface area contributed by atoms with Crippen LogP contribution in [-0.4, -0.2) is 31.7 Å². The number of benzene rings is 3. The monoisotopic (exact) mass is 434 g/mol. The molecule has 0 bridgehead atoms. The standard InChI is InChI=1S/C25H26N2O3S/c1-2-26(31(29,30)23-11-4-3-5-12-23)19-20-14-16-22(17-15-20)25(28)27-18-8-10-21-9-6-7-13-24(21)27/h3-7,9,11-17H,2,8,10,18-19H2,1H3. The van der Waals surface area contributed by atoms with Crippen molar-refractivity contribution in [3.05, 3.63) is 95.6 Å². The first-order valence-corrected chi connectivity index (χ1v) is 12.0. The lowest BCUT2D eigenvalue weighted by Crippen LogP contribution is -2.35. The number of hydrogen-bond donors (Lipinski definition) is 0. The molecule has 3 aromatic carbocycles. The van der Waals surface area contributed by atoms with Crippen molar-refractivity contribution in [1.29, 1.82) is 0 Å². The lowest BCUT2D eigenvalue weighted by atomic mass is 10.0. The summed E-state index contributed by atoms with van der Waals surface area (Å²) in [7, 11) is -3.57. The van der Waals surface area contributed by atoms with Gasteiger partial charge in [0.2, 0.25) is 10.0 Å². The van der Waals surface area contributed by atoms with Crippen molar-refractivity contribution in [2.45, 2.75) is 31.2 Å². The highest BCUT2D eigenvalue weighted by molar-refractivity contribution is 7.89. The number of carbonyl (C=O) groups excluding carboxylic acids is 1. The molecule has 5 nitrogen and oxygen atoms in total. The van der Waals surface area contributed by atoms with E-state index in [1.54, 1.807) is 42.5 Å². The average Bonchev–Trinajstić information content (AvgIpc) is 2.82. The number of fused-ring (bicyclic) bond motifs is 1. The molecular formula is C25H26N2O3S. The number of sulfonamides is 1. The van der Waals surface area contributed by atoms with E-state index in [2.05, 4.69) is 6.07 Å². The van der Waals surface area contributed by atoms with Gasteiger partial charge in [-0.25, -0.2) is 8.42 Å². The molecule has 3 aromatic rings. The molecule has 1 aliphatic heterocycles. The Morgan fingerprint density at radius 3 is 2.32 bits per heavy atom. The van der Waals surface area contributed by atoms with Gasteiger partial charge in [0.05, 0.1) is 4.90 Å². The predicted octanol–water partition coefficient (Wildman–Crippen LogP) is 4.49. The second kappa shape index (κ2) is 9.04. The molecule has 31 heavy (non-hydrogen) atoms. The lowest BCUT2D eigenvalue weighted by molar-refractivity contribution is 0.0985. The third-order valence-corrected chi connectivity index (χ3v) is 7.58. The predicted molar refractivity (Wildman–Crippen MR) is 123 cm³/mol. The minimum Gasteiger partial charge on any atom is -0.308 e. The van der Waals surface area contributed by atoms with E-state index in [1.807, 2.05) is 42.2 Å². The van der Waals surface area contributed by atoms with Crippen molar-refractivity contribution in [3.8, 4) is 0 Å². The number of rotatable bonds is 6. The number of para-hydroxylation sites is 1. The fraction of sp³-hybridized carbons (Fsp3) is 0.240. The maximum absolute atomic E-state index is 13.1. The van der Waals surface area contributed by atoms with Gasteiger partial charge >= 0.3 is 0 Å². The first-order chi connectivity index (χ1) is 15.0. The van der Waals surface area contributed by atoms with E-state index < -0.39 is 10.0 Å². The molecule has 0 N–H and O–H groups in total. The Labute approximate surface area is 184 Å². The Morgan fingerprint density at radius 1 is 0.935 bits per heavy atom. The number of anilines is 1. The van der Waals surface area contributed by atoms with Crippen LogP contribution in [0.2, 0.25) is 0 Å². The average molecular weight is 435 g/mol. The zero-order valence-electron chi connectivity index (χ0n) is 17.6. The lowest BCUT2D eigenvalue weighted by Gasteiger charge is -2.29. The summed E-state index contributed by atoms with van der Waals surface area (Å²) in [5, 5.41) is 0. The van der Waals surface area contributed by atoms with Crippen LogP contribution >= 0.6 is 0 Å². The van der Waals surface area contributed by atoms with E-state index in [1.165, 1.54) is 9.87 Å². The molecule has 0 saturated carbocycles. The van der Waals surface area contributed by atoms with E-state index in [4.69, 9.17) is 0 Å². The molecule has 0 spiro atoms. The van der Waals surface area contributed by atoms with E-state index in [-0.39, 0.29) is 17.3 Å². The van der Waals surface area contributed by atoms with E-state index in [0.717, 1.165) is 24.1 Å². The van der Waals surface area contributed by atoms with Gasteiger partial charge in [0.25, 0.3) is 5.91 Å². The molecular weight excluding hydrogens is 408 g/mol. The summed E-state index contributed by atoms with van der Waals surface area (Å²) in [6.07, 6.45) is 1.94. The number of amides is 1. The summed E-state index contributed by atoms with van der Waals surface area (Å²) in [6.45, 7) is 3.15. The van der Waals surface area contributed by atoms with Gasteiger partial charge in [0.1, 0.15) is 0 Å². The van der Waals surface area contributed by atoms with Gasteiger partial charge in [0.15, 0.2) is 0 Å². The molecule has 4 rings (SSSR count). The molecule has 0 unspecified atom stereocenters. The summed E-state index contributed by atoms with van der Waals surface area (Å²) < 4.78 is 27.3. The molecule has 160 valence electrons. The van der Waals surface area contributed by atoms with Crippen molar-refractivity contribution in [1.82, 2.24) is 4.31 Å². The molecule has 6 heteroatoms. The fourth-order valence-electron chi connectivity index (χ4n) is 3.97. The molecule has 1 aliphatic rings. The van der Waals surface area contributed by atoms with Crippen molar-refractivity contribution in [2.24, 2.45) is 0 Å². The molecule has 1 amide bonds. The van der Waals surface area contributed by atoms with Crippen LogP contribution in [0.25, 0.3) is 0 Å². The minimum absolute atomic E-state index is 0.0250. The quantitative estimate of drug-likeness (QED) is 0.574. The van der Waals surface area contributed by atoms with Crippen LogP contribution in [0, 0.1) is 0 Å². The van der Waals surface area contributed by atoms with Crippen molar-refractivity contribution < 1.29 is 13.2 Å². The van der Waals surface area contributed by atoms with Gasteiger partial charge in [0, 0.05) is 30.9 Å². The third kappa shape index (κ3) is 4.40. The number of carbonyl (C=O) groups is 1. The van der Waals surface area contributed by atoms with Crippen LogP contribution in [0.1, 0.15) is 34.8 Å². The molecule has 0 saturated heterocycles. The third-order valence-electron chi connectivity index (χ3n) is 5.65. The summed E-state index contributed by atoms with van der Waals surface area (Å²) >= 11 is 0. The summed E-state index contributed by atoms with van der Waals surface area (Å²) in [6, 6.07) is 23.7.